The Hall–Kier alpha value is -2.64. The number of benzene rings is 1. The summed E-state index contributed by atoms with van der Waals surface area (Å²) < 4.78 is 17.6. The molecule has 3 fully saturated rings. The number of carboxylic acids is 1. The summed E-state index contributed by atoms with van der Waals surface area (Å²) >= 11 is 0. The van der Waals surface area contributed by atoms with Gasteiger partial charge in [0.15, 0.2) is 0 Å². The molecular formula is C27H34N2O5. The fourth-order valence-corrected chi connectivity index (χ4v) is 5.51. The van der Waals surface area contributed by atoms with E-state index in [9.17, 15) is 9.90 Å². The Morgan fingerprint density at radius 2 is 1.97 bits per heavy atom. The van der Waals surface area contributed by atoms with Crippen molar-refractivity contribution >= 4 is 11.8 Å². The van der Waals surface area contributed by atoms with Crippen LogP contribution in [0.5, 0.6) is 5.75 Å². The number of aliphatic carboxylic acids is 1. The minimum Gasteiger partial charge on any atom is -0.494 e. The maximum Gasteiger partial charge on any atom is 0.329 e. The van der Waals surface area contributed by atoms with Gasteiger partial charge in [-0.15, -0.1) is 0 Å². The fourth-order valence-electron chi connectivity index (χ4n) is 5.51. The first-order chi connectivity index (χ1) is 16.5. The Morgan fingerprint density at radius 3 is 2.68 bits per heavy atom. The second-order valence-corrected chi connectivity index (χ2v) is 9.87. The number of hydrogen-bond acceptors (Lipinski definition) is 6. The molecule has 0 radical (unpaired) electrons. The predicted molar refractivity (Wildman–Crippen MR) is 129 cm³/mol. The lowest BCUT2D eigenvalue weighted by molar-refractivity contribution is -0.145. The third-order valence-electron chi connectivity index (χ3n) is 7.66. The number of nitrogens with one attached hydrogen (secondary N) is 1. The molecule has 1 aliphatic heterocycles. The van der Waals surface area contributed by atoms with Gasteiger partial charge < -0.3 is 24.6 Å². The van der Waals surface area contributed by atoms with Crippen molar-refractivity contribution in [3.8, 4) is 16.9 Å². The van der Waals surface area contributed by atoms with Gasteiger partial charge in [0.25, 0.3) is 0 Å². The van der Waals surface area contributed by atoms with Gasteiger partial charge >= 0.3 is 5.97 Å². The molecule has 2 heterocycles. The highest BCUT2D eigenvalue weighted by Crippen LogP contribution is 2.52. The summed E-state index contributed by atoms with van der Waals surface area (Å²) in [5, 5.41) is 13.2. The molecule has 34 heavy (non-hydrogen) atoms. The summed E-state index contributed by atoms with van der Waals surface area (Å²) in [6, 6.07) is 8.01. The molecule has 0 bridgehead atoms. The van der Waals surface area contributed by atoms with Crippen molar-refractivity contribution in [2.75, 3.05) is 25.1 Å². The van der Waals surface area contributed by atoms with E-state index in [-0.39, 0.29) is 0 Å². The molecule has 1 aromatic heterocycles. The summed E-state index contributed by atoms with van der Waals surface area (Å²) in [6.45, 7) is 5.95. The van der Waals surface area contributed by atoms with Crippen LogP contribution in [0.2, 0.25) is 0 Å². The monoisotopic (exact) mass is 466 g/mol. The molecule has 2 unspecified atom stereocenters. The van der Waals surface area contributed by atoms with E-state index in [1.165, 1.54) is 6.42 Å². The number of fused-ring (bicyclic) bond motifs is 1. The molecule has 2 saturated carbocycles. The molecule has 2 N–H and O–H groups in total. The van der Waals surface area contributed by atoms with Gasteiger partial charge in [-0.05, 0) is 73.8 Å². The number of carboxylic acid groups (broad SMARTS) is 1. The minimum absolute atomic E-state index is 0.304. The Kier molecular flexibility index (Phi) is 6.49. The van der Waals surface area contributed by atoms with Gasteiger partial charge in [-0.1, -0.05) is 12.1 Å². The SMILES string of the molecule is CCOc1cccc(-c2cnc(NC3(C(=O)O)CCOCC3)cc2COC2CC3CC3C2)c1C. The minimum atomic E-state index is -1.07. The average molecular weight is 467 g/mol. The van der Waals surface area contributed by atoms with Crippen LogP contribution in [0.3, 0.4) is 0 Å². The van der Waals surface area contributed by atoms with Crippen molar-refractivity contribution < 1.29 is 24.1 Å². The van der Waals surface area contributed by atoms with Crippen LogP contribution < -0.4 is 10.1 Å². The van der Waals surface area contributed by atoms with Crippen LogP contribution in [-0.4, -0.2) is 47.5 Å². The molecule has 2 aliphatic carbocycles. The van der Waals surface area contributed by atoms with Gasteiger partial charge in [-0.25, -0.2) is 9.78 Å². The highest BCUT2D eigenvalue weighted by atomic mass is 16.5. The Balaban J connectivity index is 1.45. The molecular weight excluding hydrogens is 432 g/mol. The fraction of sp³-hybridized carbons (Fsp3) is 0.556. The number of anilines is 1. The van der Waals surface area contributed by atoms with Gasteiger partial charge in [0.2, 0.25) is 0 Å². The van der Waals surface area contributed by atoms with Crippen LogP contribution in [0.1, 0.15) is 50.2 Å². The molecule has 1 saturated heterocycles. The number of carbonyl (C=O) groups is 1. The average Bonchev–Trinajstić information content (AvgIpc) is 3.45. The van der Waals surface area contributed by atoms with Crippen molar-refractivity contribution in [2.24, 2.45) is 11.8 Å². The van der Waals surface area contributed by atoms with Gasteiger partial charge in [-0.3, -0.25) is 0 Å². The highest BCUT2D eigenvalue weighted by molar-refractivity contribution is 5.83. The summed E-state index contributed by atoms with van der Waals surface area (Å²) in [6.07, 6.45) is 6.60. The van der Waals surface area contributed by atoms with Crippen molar-refractivity contribution in [1.82, 2.24) is 4.98 Å². The molecule has 5 rings (SSSR count). The lowest BCUT2D eigenvalue weighted by Crippen LogP contribution is -2.50. The first kappa shape index (κ1) is 23.1. The van der Waals surface area contributed by atoms with E-state index in [1.54, 1.807) is 0 Å². The summed E-state index contributed by atoms with van der Waals surface area (Å²) in [4.78, 5) is 16.8. The lowest BCUT2D eigenvalue weighted by Gasteiger charge is -2.34. The van der Waals surface area contributed by atoms with Crippen LogP contribution >= 0.6 is 0 Å². The molecule has 7 nitrogen and oxygen atoms in total. The standard InChI is InChI=1S/C27H34N2O5/c1-3-33-24-6-4-5-22(17(24)2)23-15-28-25(29-27(26(30)31)7-9-32-10-8-27)14-20(23)16-34-21-12-18-11-19(18)13-21/h4-6,14-15,18-19,21H,3,7-13,16H2,1-2H3,(H,28,29)(H,30,31). The summed E-state index contributed by atoms with van der Waals surface area (Å²) in [5.74, 6) is 2.25. The van der Waals surface area contributed by atoms with E-state index >= 15 is 0 Å². The Bertz CT molecular complexity index is 1040. The number of ether oxygens (including phenoxy) is 3. The zero-order chi connectivity index (χ0) is 23.7. The first-order valence-corrected chi connectivity index (χ1v) is 12.4. The van der Waals surface area contributed by atoms with E-state index in [4.69, 9.17) is 14.2 Å². The molecule has 2 atom stereocenters. The van der Waals surface area contributed by atoms with E-state index in [0.717, 1.165) is 52.7 Å². The van der Waals surface area contributed by atoms with Crippen molar-refractivity contribution in [2.45, 2.75) is 64.2 Å². The normalized spacial score (nSPS) is 24.9. The Labute approximate surface area is 200 Å². The van der Waals surface area contributed by atoms with Crippen LogP contribution in [0, 0.1) is 18.8 Å². The van der Waals surface area contributed by atoms with E-state index in [0.29, 0.717) is 51.2 Å². The van der Waals surface area contributed by atoms with Gasteiger partial charge in [0.1, 0.15) is 17.1 Å². The van der Waals surface area contributed by atoms with Gasteiger partial charge in [0.05, 0.1) is 19.3 Å². The summed E-state index contributed by atoms with van der Waals surface area (Å²) in [5.41, 5.74) is 3.03. The second kappa shape index (κ2) is 9.55. The molecule has 2 aromatic rings. The van der Waals surface area contributed by atoms with Crippen LogP contribution in [-0.2, 0) is 20.9 Å². The molecule has 0 spiro atoms. The van der Waals surface area contributed by atoms with E-state index in [1.807, 2.05) is 31.3 Å². The number of pyridine rings is 1. The summed E-state index contributed by atoms with van der Waals surface area (Å²) in [7, 11) is 0. The number of nitrogens with zero attached hydrogens (tertiary/aromatic N) is 1. The zero-order valence-electron chi connectivity index (χ0n) is 20.0. The first-order valence-electron chi connectivity index (χ1n) is 12.4. The second-order valence-electron chi connectivity index (χ2n) is 9.87. The maximum absolute atomic E-state index is 12.1. The highest BCUT2D eigenvalue weighted by Gasteiger charge is 2.46. The van der Waals surface area contributed by atoms with Crippen LogP contribution in [0.4, 0.5) is 5.82 Å². The van der Waals surface area contributed by atoms with Crippen molar-refractivity contribution in [3.63, 3.8) is 0 Å². The number of hydrogen-bond donors (Lipinski definition) is 2. The van der Waals surface area contributed by atoms with Crippen molar-refractivity contribution in [1.29, 1.82) is 0 Å². The molecule has 7 heteroatoms. The smallest absolute Gasteiger partial charge is 0.329 e. The van der Waals surface area contributed by atoms with Gasteiger partial charge in [0, 0.05) is 37.8 Å². The maximum atomic E-state index is 12.1. The largest absolute Gasteiger partial charge is 0.494 e. The van der Waals surface area contributed by atoms with E-state index in [2.05, 4.69) is 23.3 Å². The predicted octanol–water partition coefficient (Wildman–Crippen LogP) is 4.82. The quantitative estimate of drug-likeness (QED) is 0.548. The zero-order valence-corrected chi connectivity index (χ0v) is 20.0. The third kappa shape index (κ3) is 4.64. The topological polar surface area (TPSA) is 89.9 Å². The molecule has 1 aromatic carbocycles. The third-order valence-corrected chi connectivity index (χ3v) is 7.66. The van der Waals surface area contributed by atoms with Gasteiger partial charge in [-0.2, -0.15) is 0 Å². The Morgan fingerprint density at radius 1 is 1.21 bits per heavy atom. The van der Waals surface area contributed by atoms with Crippen LogP contribution in [0.25, 0.3) is 11.1 Å². The van der Waals surface area contributed by atoms with Crippen LogP contribution in [0.15, 0.2) is 30.5 Å². The molecule has 0 amide bonds. The van der Waals surface area contributed by atoms with E-state index < -0.39 is 11.5 Å². The molecule has 3 aliphatic rings. The number of rotatable bonds is 9. The number of aromatic nitrogens is 1. The lowest BCUT2D eigenvalue weighted by atomic mass is 9.90. The molecule has 182 valence electrons. The van der Waals surface area contributed by atoms with Crippen molar-refractivity contribution in [3.05, 3.63) is 41.6 Å².